The zero-order valence-electron chi connectivity index (χ0n) is 17.3. The third-order valence-corrected chi connectivity index (χ3v) is 4.86. The summed E-state index contributed by atoms with van der Waals surface area (Å²) in [6.07, 6.45) is -3.90. The molecule has 2 aromatic carbocycles. The summed E-state index contributed by atoms with van der Waals surface area (Å²) >= 11 is 12.4. The predicted octanol–water partition coefficient (Wildman–Crippen LogP) is 6.21. The number of nitrogens with zero attached hydrogens (tertiary/aromatic N) is 2. The van der Waals surface area contributed by atoms with Crippen molar-refractivity contribution in [1.29, 1.82) is 0 Å². The zero-order chi connectivity index (χ0) is 24.9. The molecule has 7 nitrogen and oxygen atoms in total. The molecule has 3 aromatic rings. The van der Waals surface area contributed by atoms with Crippen LogP contribution >= 0.6 is 23.2 Å². The molecule has 0 radical (unpaired) electrons. The van der Waals surface area contributed by atoms with Gasteiger partial charge in [0.25, 0.3) is 0 Å². The van der Waals surface area contributed by atoms with Gasteiger partial charge in [-0.15, -0.1) is 0 Å². The van der Waals surface area contributed by atoms with Crippen LogP contribution in [-0.2, 0) is 22.4 Å². The molecular weight excluding hydrogens is 500 g/mol. The fraction of sp³-hybridized carbons (Fsp3) is 0.136. The smallest absolute Gasteiger partial charge is 0.417 e. The lowest BCUT2D eigenvalue weighted by molar-refractivity contribution is -0.137. The van der Waals surface area contributed by atoms with Crippen LogP contribution in [0.4, 0.5) is 13.2 Å². The van der Waals surface area contributed by atoms with Gasteiger partial charge in [0.05, 0.1) is 15.6 Å². The molecular formula is C22H15Cl2F3N2O5. The first-order valence-corrected chi connectivity index (χ1v) is 10.1. The second-order valence-electron chi connectivity index (χ2n) is 6.57. The molecule has 0 amide bonds. The Labute approximate surface area is 201 Å². The predicted molar refractivity (Wildman–Crippen MR) is 118 cm³/mol. The molecule has 0 aliphatic rings. The number of aromatic nitrogens is 1. The van der Waals surface area contributed by atoms with Crippen molar-refractivity contribution < 1.29 is 37.4 Å². The number of hydrogen-bond donors (Lipinski definition) is 1. The SMILES string of the molecule is CO/N=C(/C(=O)O)c1ccccc1COc1cc(Cl)c(Oc2ccc(C(F)(F)F)cn2)c(Cl)c1. The van der Waals surface area contributed by atoms with Gasteiger partial charge in [0, 0.05) is 30.0 Å². The number of carbonyl (C=O) groups is 1. The molecule has 0 aliphatic carbocycles. The average Bonchev–Trinajstić information content (AvgIpc) is 2.78. The van der Waals surface area contributed by atoms with E-state index in [1.807, 2.05) is 0 Å². The lowest BCUT2D eigenvalue weighted by Gasteiger charge is -2.14. The molecule has 0 fully saturated rings. The standard InChI is InChI=1S/C22H15Cl2F3N2O5/c1-32-29-19(21(30)31)15-5-3-2-4-12(15)11-33-14-8-16(23)20(17(24)9-14)34-18-7-6-13(10-28-18)22(25,26)27/h2-10H,11H2,1H3,(H,30,31)/b29-19+. The van der Waals surface area contributed by atoms with E-state index in [0.717, 1.165) is 12.1 Å². The molecule has 1 N–H and O–H groups in total. The van der Waals surface area contributed by atoms with E-state index in [1.165, 1.54) is 19.2 Å². The number of oxime groups is 1. The van der Waals surface area contributed by atoms with Crippen LogP contribution < -0.4 is 9.47 Å². The molecule has 0 atom stereocenters. The zero-order valence-corrected chi connectivity index (χ0v) is 18.8. The summed E-state index contributed by atoms with van der Waals surface area (Å²) in [5.41, 5.74) is -0.433. The lowest BCUT2D eigenvalue weighted by atomic mass is 10.0. The van der Waals surface area contributed by atoms with Crippen LogP contribution in [0.3, 0.4) is 0 Å². The van der Waals surface area contributed by atoms with Crippen LogP contribution in [0.2, 0.25) is 10.0 Å². The average molecular weight is 515 g/mol. The monoisotopic (exact) mass is 514 g/mol. The van der Waals surface area contributed by atoms with E-state index < -0.39 is 17.7 Å². The Kier molecular flexibility index (Phi) is 7.85. The Morgan fingerprint density at radius 3 is 2.35 bits per heavy atom. The van der Waals surface area contributed by atoms with Crippen LogP contribution in [0.1, 0.15) is 16.7 Å². The van der Waals surface area contributed by atoms with Crippen molar-refractivity contribution in [2.75, 3.05) is 7.11 Å². The topological polar surface area (TPSA) is 90.2 Å². The van der Waals surface area contributed by atoms with Crippen molar-refractivity contribution >= 4 is 34.9 Å². The number of benzene rings is 2. The first kappa shape index (κ1) is 25.1. The van der Waals surface area contributed by atoms with Gasteiger partial charge >= 0.3 is 12.1 Å². The molecule has 0 saturated heterocycles. The van der Waals surface area contributed by atoms with Gasteiger partial charge in [-0.2, -0.15) is 13.2 Å². The molecule has 3 rings (SSSR count). The number of ether oxygens (including phenoxy) is 2. The first-order valence-electron chi connectivity index (χ1n) is 9.35. The third kappa shape index (κ3) is 6.09. The van der Waals surface area contributed by atoms with Gasteiger partial charge in [-0.05, 0) is 11.6 Å². The molecule has 0 saturated carbocycles. The minimum atomic E-state index is -4.53. The highest BCUT2D eigenvalue weighted by atomic mass is 35.5. The van der Waals surface area contributed by atoms with Gasteiger partial charge < -0.3 is 19.4 Å². The first-order chi connectivity index (χ1) is 16.1. The maximum Gasteiger partial charge on any atom is 0.417 e. The van der Waals surface area contributed by atoms with Crippen molar-refractivity contribution in [3.63, 3.8) is 0 Å². The van der Waals surface area contributed by atoms with Crippen molar-refractivity contribution in [2.24, 2.45) is 5.16 Å². The fourth-order valence-electron chi connectivity index (χ4n) is 2.76. The molecule has 1 heterocycles. The molecule has 0 bridgehead atoms. The van der Waals surface area contributed by atoms with E-state index in [9.17, 15) is 23.1 Å². The van der Waals surface area contributed by atoms with E-state index in [4.69, 9.17) is 32.7 Å². The number of rotatable bonds is 8. The minimum absolute atomic E-state index is 0.0182. The van der Waals surface area contributed by atoms with E-state index in [2.05, 4.69) is 15.0 Å². The normalized spacial score (nSPS) is 11.8. The summed E-state index contributed by atoms with van der Waals surface area (Å²) in [7, 11) is 1.23. The molecule has 0 spiro atoms. The van der Waals surface area contributed by atoms with Gasteiger partial charge in [-0.25, -0.2) is 9.78 Å². The van der Waals surface area contributed by atoms with Crippen LogP contribution in [0, 0.1) is 0 Å². The van der Waals surface area contributed by atoms with E-state index in [1.54, 1.807) is 24.3 Å². The van der Waals surface area contributed by atoms with Crippen LogP contribution in [0.5, 0.6) is 17.4 Å². The number of alkyl halides is 3. The number of hydrogen-bond acceptors (Lipinski definition) is 6. The maximum atomic E-state index is 12.7. The number of pyridine rings is 1. The highest BCUT2D eigenvalue weighted by Crippen LogP contribution is 2.40. The Bertz CT molecular complexity index is 1190. The van der Waals surface area contributed by atoms with Gasteiger partial charge in [0.1, 0.15) is 19.5 Å². The van der Waals surface area contributed by atoms with Crippen molar-refractivity contribution in [3.05, 3.63) is 81.5 Å². The Hall–Kier alpha value is -3.50. The minimum Gasteiger partial charge on any atom is -0.489 e. The van der Waals surface area contributed by atoms with Gasteiger partial charge in [0.2, 0.25) is 5.88 Å². The lowest BCUT2D eigenvalue weighted by Crippen LogP contribution is -2.17. The van der Waals surface area contributed by atoms with E-state index in [-0.39, 0.29) is 39.7 Å². The summed E-state index contributed by atoms with van der Waals surface area (Å²) in [5.74, 6) is -1.21. The summed E-state index contributed by atoms with van der Waals surface area (Å²) in [6, 6.07) is 11.2. The van der Waals surface area contributed by atoms with Crippen LogP contribution in [0.15, 0.2) is 59.9 Å². The highest BCUT2D eigenvalue weighted by molar-refractivity contribution is 6.42. The third-order valence-electron chi connectivity index (χ3n) is 4.29. The van der Waals surface area contributed by atoms with E-state index >= 15 is 0 Å². The van der Waals surface area contributed by atoms with Crippen molar-refractivity contribution in [1.82, 2.24) is 4.98 Å². The van der Waals surface area contributed by atoms with Gasteiger partial charge in [-0.3, -0.25) is 0 Å². The number of halogens is 5. The van der Waals surface area contributed by atoms with Crippen LogP contribution in [-0.4, -0.2) is 28.9 Å². The number of carboxylic acid groups (broad SMARTS) is 1. The van der Waals surface area contributed by atoms with Gasteiger partial charge in [-0.1, -0.05) is 52.6 Å². The van der Waals surface area contributed by atoms with Crippen molar-refractivity contribution in [2.45, 2.75) is 12.8 Å². The second kappa shape index (κ2) is 10.6. The van der Waals surface area contributed by atoms with Crippen molar-refractivity contribution in [3.8, 4) is 17.4 Å². The van der Waals surface area contributed by atoms with Gasteiger partial charge in [0.15, 0.2) is 11.5 Å². The quantitative estimate of drug-likeness (QED) is 0.283. The second-order valence-corrected chi connectivity index (χ2v) is 7.39. The summed E-state index contributed by atoms with van der Waals surface area (Å²) < 4.78 is 49.2. The molecule has 0 aliphatic heterocycles. The summed E-state index contributed by atoms with van der Waals surface area (Å²) in [6.45, 7) is -0.0560. The Morgan fingerprint density at radius 1 is 1.12 bits per heavy atom. The Balaban J connectivity index is 1.78. The molecule has 12 heteroatoms. The fourth-order valence-corrected chi connectivity index (χ4v) is 3.31. The molecule has 0 unspecified atom stereocenters. The largest absolute Gasteiger partial charge is 0.489 e. The van der Waals surface area contributed by atoms with E-state index in [0.29, 0.717) is 17.3 Å². The summed E-state index contributed by atoms with van der Waals surface area (Å²) in [4.78, 5) is 19.7. The number of aliphatic carboxylic acids is 1. The highest BCUT2D eigenvalue weighted by Gasteiger charge is 2.30. The van der Waals surface area contributed by atoms with Crippen LogP contribution in [0.25, 0.3) is 0 Å². The Morgan fingerprint density at radius 2 is 1.79 bits per heavy atom. The number of carboxylic acids is 1. The molecule has 1 aromatic heterocycles. The molecule has 34 heavy (non-hydrogen) atoms. The maximum absolute atomic E-state index is 12.7. The summed E-state index contributed by atoms with van der Waals surface area (Å²) in [5, 5.41) is 13.0. The molecule has 178 valence electrons.